The number of fused-ring (bicyclic) bond motifs is 2. The van der Waals surface area contributed by atoms with Crippen LogP contribution in [0.25, 0.3) is 0 Å². The van der Waals surface area contributed by atoms with E-state index in [1.54, 1.807) is 0 Å². The van der Waals surface area contributed by atoms with Crippen molar-refractivity contribution in [3.05, 3.63) is 48.0 Å². The third kappa shape index (κ3) is 1.96. The van der Waals surface area contributed by atoms with Crippen LogP contribution in [0.4, 0.5) is 0 Å². The molecule has 1 aromatic carbocycles. The molecule has 2 nitrogen and oxygen atoms in total. The van der Waals surface area contributed by atoms with E-state index in [1.165, 1.54) is 5.56 Å². The Kier molecular flexibility index (Phi) is 2.31. The number of rotatable bonds is 2. The van der Waals surface area contributed by atoms with Crippen molar-refractivity contribution in [1.82, 2.24) is 10.2 Å². The quantitative estimate of drug-likeness (QED) is 0.726. The number of piperazine rings is 1. The van der Waals surface area contributed by atoms with Crippen LogP contribution in [0.3, 0.4) is 0 Å². The minimum atomic E-state index is 0.576. The summed E-state index contributed by atoms with van der Waals surface area (Å²) in [6.07, 6.45) is 4.60. The maximum Gasteiger partial charge on any atom is 0.0384 e. The largest absolute Gasteiger partial charge is 0.302 e. The molecule has 1 saturated heterocycles. The van der Waals surface area contributed by atoms with E-state index in [-0.39, 0.29) is 0 Å². The number of hydrogen-bond donors (Lipinski definition) is 1. The molecule has 2 heterocycles. The van der Waals surface area contributed by atoms with Crippen molar-refractivity contribution >= 4 is 0 Å². The molecule has 2 heteroatoms. The highest BCUT2D eigenvalue weighted by atomic mass is 15.2. The summed E-state index contributed by atoms with van der Waals surface area (Å²) < 4.78 is 0. The molecule has 3 rings (SSSR count). The summed E-state index contributed by atoms with van der Waals surface area (Å²) in [6, 6.07) is 11.9. The third-order valence-corrected chi connectivity index (χ3v) is 3.16. The van der Waals surface area contributed by atoms with Crippen molar-refractivity contribution < 1.29 is 0 Å². The molecule has 0 unspecified atom stereocenters. The molecule has 2 aliphatic heterocycles. The summed E-state index contributed by atoms with van der Waals surface area (Å²) >= 11 is 0. The molecular formula is C13H16N2. The van der Waals surface area contributed by atoms with Crippen molar-refractivity contribution in [2.45, 2.75) is 18.6 Å². The van der Waals surface area contributed by atoms with Gasteiger partial charge < -0.3 is 5.32 Å². The monoisotopic (exact) mass is 200 g/mol. The fourth-order valence-electron chi connectivity index (χ4n) is 2.48. The Hall–Kier alpha value is -1.12. The molecule has 2 atom stereocenters. The van der Waals surface area contributed by atoms with Crippen molar-refractivity contribution in [3.8, 4) is 0 Å². The first-order valence-electron chi connectivity index (χ1n) is 5.61. The predicted octanol–water partition coefficient (Wildman–Crippen LogP) is 1.40. The van der Waals surface area contributed by atoms with E-state index in [4.69, 9.17) is 0 Å². The second-order valence-corrected chi connectivity index (χ2v) is 4.44. The molecular weight excluding hydrogens is 184 g/mol. The van der Waals surface area contributed by atoms with E-state index < -0.39 is 0 Å². The van der Waals surface area contributed by atoms with Crippen LogP contribution < -0.4 is 5.32 Å². The fraction of sp³-hybridized carbons (Fsp3) is 0.385. The standard InChI is InChI=1S/C13H16N2/c1-2-4-11(5-3-1)8-15-9-12-6-7-13(10-15)14-12/h1-7,12-14H,8-10H2/t12-,13+. The maximum absolute atomic E-state index is 3.55. The lowest BCUT2D eigenvalue weighted by Gasteiger charge is -2.32. The van der Waals surface area contributed by atoms with Gasteiger partial charge in [0.1, 0.15) is 0 Å². The highest BCUT2D eigenvalue weighted by Gasteiger charge is 2.27. The zero-order chi connectivity index (χ0) is 10.1. The number of benzene rings is 1. The molecule has 0 aromatic heterocycles. The molecule has 0 aliphatic carbocycles. The SMILES string of the molecule is C1=C[C@H]2CN(Cc3ccccc3)C[C@@H]1N2. The van der Waals surface area contributed by atoms with Gasteiger partial charge in [0.25, 0.3) is 0 Å². The Balaban J connectivity index is 1.66. The molecule has 0 spiro atoms. The first-order chi connectivity index (χ1) is 7.40. The van der Waals surface area contributed by atoms with E-state index in [1.807, 2.05) is 0 Å². The summed E-state index contributed by atoms with van der Waals surface area (Å²) in [5.74, 6) is 0. The lowest BCUT2D eigenvalue weighted by molar-refractivity contribution is 0.197. The highest BCUT2D eigenvalue weighted by Crippen LogP contribution is 2.15. The first-order valence-corrected chi connectivity index (χ1v) is 5.61. The van der Waals surface area contributed by atoms with E-state index >= 15 is 0 Å². The van der Waals surface area contributed by atoms with Gasteiger partial charge >= 0.3 is 0 Å². The molecule has 2 bridgehead atoms. The summed E-state index contributed by atoms with van der Waals surface area (Å²) in [5, 5.41) is 3.55. The number of nitrogens with zero attached hydrogens (tertiary/aromatic N) is 1. The van der Waals surface area contributed by atoms with Gasteiger partial charge in [-0.15, -0.1) is 0 Å². The van der Waals surface area contributed by atoms with Crippen LogP contribution in [0.5, 0.6) is 0 Å². The Morgan fingerprint density at radius 3 is 2.40 bits per heavy atom. The van der Waals surface area contributed by atoms with Gasteiger partial charge in [0.15, 0.2) is 0 Å². The Labute approximate surface area is 90.6 Å². The van der Waals surface area contributed by atoms with Crippen LogP contribution >= 0.6 is 0 Å². The van der Waals surface area contributed by atoms with Crippen LogP contribution in [0.1, 0.15) is 5.56 Å². The Bertz CT molecular complexity index is 344. The van der Waals surface area contributed by atoms with Gasteiger partial charge in [-0.3, -0.25) is 4.90 Å². The lowest BCUT2D eigenvalue weighted by Crippen LogP contribution is -2.51. The normalized spacial score (nSPS) is 29.6. The summed E-state index contributed by atoms with van der Waals surface area (Å²) in [6.45, 7) is 3.36. The number of nitrogens with one attached hydrogen (secondary N) is 1. The van der Waals surface area contributed by atoms with E-state index in [9.17, 15) is 0 Å². The molecule has 0 saturated carbocycles. The van der Waals surface area contributed by atoms with Crippen LogP contribution in [-0.2, 0) is 6.54 Å². The van der Waals surface area contributed by atoms with Crippen LogP contribution in [0.2, 0.25) is 0 Å². The molecule has 1 aromatic rings. The minimum Gasteiger partial charge on any atom is -0.302 e. The molecule has 2 aliphatic rings. The molecule has 0 radical (unpaired) electrons. The average molecular weight is 200 g/mol. The smallest absolute Gasteiger partial charge is 0.0384 e. The molecule has 15 heavy (non-hydrogen) atoms. The van der Waals surface area contributed by atoms with Gasteiger partial charge in [-0.25, -0.2) is 0 Å². The van der Waals surface area contributed by atoms with Crippen molar-refractivity contribution in [1.29, 1.82) is 0 Å². The van der Waals surface area contributed by atoms with Crippen LogP contribution in [0.15, 0.2) is 42.5 Å². The zero-order valence-electron chi connectivity index (χ0n) is 8.76. The van der Waals surface area contributed by atoms with Gasteiger partial charge in [-0.1, -0.05) is 42.5 Å². The lowest BCUT2D eigenvalue weighted by atomic mass is 10.1. The fourth-order valence-corrected chi connectivity index (χ4v) is 2.48. The van der Waals surface area contributed by atoms with Gasteiger partial charge in [-0.2, -0.15) is 0 Å². The predicted molar refractivity (Wildman–Crippen MR) is 61.6 cm³/mol. The first kappa shape index (κ1) is 9.13. The zero-order valence-corrected chi connectivity index (χ0v) is 8.76. The van der Waals surface area contributed by atoms with Crippen LogP contribution in [-0.4, -0.2) is 30.1 Å². The molecule has 78 valence electrons. The molecule has 0 amide bonds. The number of hydrogen-bond acceptors (Lipinski definition) is 2. The van der Waals surface area contributed by atoms with Gasteiger partial charge in [0.2, 0.25) is 0 Å². The topological polar surface area (TPSA) is 15.3 Å². The summed E-state index contributed by atoms with van der Waals surface area (Å²) in [4.78, 5) is 2.53. The van der Waals surface area contributed by atoms with E-state index in [0.29, 0.717) is 12.1 Å². The van der Waals surface area contributed by atoms with Gasteiger partial charge in [-0.05, 0) is 5.56 Å². The maximum atomic E-state index is 3.55. The third-order valence-electron chi connectivity index (χ3n) is 3.16. The van der Waals surface area contributed by atoms with E-state index in [2.05, 4.69) is 52.7 Å². The van der Waals surface area contributed by atoms with Crippen LogP contribution in [0, 0.1) is 0 Å². The van der Waals surface area contributed by atoms with Crippen molar-refractivity contribution in [2.75, 3.05) is 13.1 Å². The summed E-state index contributed by atoms with van der Waals surface area (Å²) in [7, 11) is 0. The Morgan fingerprint density at radius 2 is 1.73 bits per heavy atom. The van der Waals surface area contributed by atoms with E-state index in [0.717, 1.165) is 19.6 Å². The minimum absolute atomic E-state index is 0.576. The van der Waals surface area contributed by atoms with Crippen molar-refractivity contribution in [3.63, 3.8) is 0 Å². The molecule has 1 N–H and O–H groups in total. The highest BCUT2D eigenvalue weighted by molar-refractivity contribution is 5.17. The van der Waals surface area contributed by atoms with Gasteiger partial charge in [0.05, 0.1) is 0 Å². The second kappa shape index (κ2) is 3.80. The Morgan fingerprint density at radius 1 is 1.07 bits per heavy atom. The summed E-state index contributed by atoms with van der Waals surface area (Å²) in [5.41, 5.74) is 1.42. The van der Waals surface area contributed by atoms with Gasteiger partial charge in [0, 0.05) is 31.7 Å². The molecule has 1 fully saturated rings. The van der Waals surface area contributed by atoms with Crippen molar-refractivity contribution in [2.24, 2.45) is 0 Å². The average Bonchev–Trinajstić information content (AvgIpc) is 2.60. The second-order valence-electron chi connectivity index (χ2n) is 4.44.